The molecule has 0 saturated carbocycles. The number of nitrogens with zero attached hydrogens (tertiary/aromatic N) is 1. The number of nitrogens with one attached hydrogen (secondary N) is 1. The molecule has 0 spiro atoms. The van der Waals surface area contributed by atoms with Gasteiger partial charge in [-0.05, 0) is 43.5 Å². The smallest absolute Gasteiger partial charge is 0.267 e. The average molecular weight is 451 g/mol. The normalized spacial score (nSPS) is 19.6. The van der Waals surface area contributed by atoms with Gasteiger partial charge in [0.2, 0.25) is 5.82 Å². The fourth-order valence-electron chi connectivity index (χ4n) is 2.85. The summed E-state index contributed by atoms with van der Waals surface area (Å²) in [4.78, 5) is 26.8. The molecule has 1 aliphatic heterocycles. The van der Waals surface area contributed by atoms with Crippen molar-refractivity contribution in [3.05, 3.63) is 53.9 Å². The SMILES string of the molecule is CC1OC(C(=O)Nc2ccnc(C(N)=O)c2)C[C@@H]1C.OCCCOc1cccc(F)c1F. The number of primary amides is 1. The Hall–Kier alpha value is -3.11. The van der Waals surface area contributed by atoms with Gasteiger partial charge in [-0.3, -0.25) is 14.6 Å². The zero-order chi connectivity index (χ0) is 23.7. The van der Waals surface area contributed by atoms with Crippen molar-refractivity contribution in [2.45, 2.75) is 38.9 Å². The summed E-state index contributed by atoms with van der Waals surface area (Å²) < 4.78 is 35.9. The van der Waals surface area contributed by atoms with E-state index in [0.717, 1.165) is 6.07 Å². The highest BCUT2D eigenvalue weighted by Crippen LogP contribution is 2.26. The number of carbonyl (C=O) groups is 2. The average Bonchev–Trinajstić information content (AvgIpc) is 3.10. The van der Waals surface area contributed by atoms with E-state index < -0.39 is 23.6 Å². The zero-order valence-corrected chi connectivity index (χ0v) is 17.9. The lowest BCUT2D eigenvalue weighted by Gasteiger charge is -2.11. The van der Waals surface area contributed by atoms with Crippen molar-refractivity contribution in [2.24, 2.45) is 11.7 Å². The summed E-state index contributed by atoms with van der Waals surface area (Å²) in [6.45, 7) is 4.15. The molecule has 2 amide bonds. The Bertz CT molecular complexity index is 918. The van der Waals surface area contributed by atoms with Crippen LogP contribution in [0.3, 0.4) is 0 Å². The van der Waals surface area contributed by atoms with Crippen LogP contribution in [0, 0.1) is 17.6 Å². The zero-order valence-electron chi connectivity index (χ0n) is 17.9. The number of aliphatic hydroxyl groups is 1. The molecule has 0 aliphatic carbocycles. The quantitative estimate of drug-likeness (QED) is 0.556. The van der Waals surface area contributed by atoms with Gasteiger partial charge in [-0.25, -0.2) is 4.39 Å². The van der Waals surface area contributed by atoms with E-state index in [4.69, 9.17) is 20.3 Å². The van der Waals surface area contributed by atoms with E-state index in [2.05, 4.69) is 17.2 Å². The molecular weight excluding hydrogens is 424 g/mol. The number of carbonyl (C=O) groups excluding carboxylic acids is 2. The van der Waals surface area contributed by atoms with Crippen LogP contribution in [0.1, 0.15) is 37.2 Å². The molecule has 2 aromatic rings. The molecule has 0 radical (unpaired) electrons. The molecule has 1 saturated heterocycles. The van der Waals surface area contributed by atoms with Crippen LogP contribution in [0.2, 0.25) is 0 Å². The van der Waals surface area contributed by atoms with Crippen LogP contribution in [0.5, 0.6) is 5.75 Å². The van der Waals surface area contributed by atoms with Crippen LogP contribution >= 0.6 is 0 Å². The maximum atomic E-state index is 12.9. The number of hydrogen-bond acceptors (Lipinski definition) is 6. The van der Waals surface area contributed by atoms with Crippen LogP contribution < -0.4 is 15.8 Å². The number of ether oxygens (including phenoxy) is 2. The first-order valence-electron chi connectivity index (χ1n) is 10.1. The van der Waals surface area contributed by atoms with Crippen LogP contribution in [0.25, 0.3) is 0 Å². The fraction of sp³-hybridized carbons (Fsp3) is 0.409. The Morgan fingerprint density at radius 1 is 1.31 bits per heavy atom. The van der Waals surface area contributed by atoms with Gasteiger partial charge in [0.25, 0.3) is 11.8 Å². The van der Waals surface area contributed by atoms with Crippen molar-refractivity contribution in [2.75, 3.05) is 18.5 Å². The summed E-state index contributed by atoms with van der Waals surface area (Å²) in [6.07, 6.45) is 2.15. The molecule has 1 aliphatic rings. The van der Waals surface area contributed by atoms with Gasteiger partial charge in [0.05, 0.1) is 12.7 Å². The first-order valence-corrected chi connectivity index (χ1v) is 10.1. The summed E-state index contributed by atoms with van der Waals surface area (Å²) in [6, 6.07) is 6.78. The lowest BCUT2D eigenvalue weighted by Crippen LogP contribution is -2.28. The van der Waals surface area contributed by atoms with Crippen molar-refractivity contribution in [1.82, 2.24) is 4.98 Å². The maximum absolute atomic E-state index is 12.9. The van der Waals surface area contributed by atoms with Crippen molar-refractivity contribution in [1.29, 1.82) is 0 Å². The Kier molecular flexibility index (Phi) is 9.48. The molecule has 32 heavy (non-hydrogen) atoms. The number of pyridine rings is 1. The second kappa shape index (κ2) is 12.1. The van der Waals surface area contributed by atoms with Crippen molar-refractivity contribution in [3.63, 3.8) is 0 Å². The molecule has 8 nitrogen and oxygen atoms in total. The number of nitrogens with two attached hydrogens (primary N) is 1. The topological polar surface area (TPSA) is 124 Å². The molecule has 2 unspecified atom stereocenters. The summed E-state index contributed by atoms with van der Waals surface area (Å²) in [7, 11) is 0. The minimum atomic E-state index is -0.986. The molecule has 0 bridgehead atoms. The molecule has 3 rings (SSSR count). The van der Waals surface area contributed by atoms with Crippen LogP contribution in [-0.2, 0) is 9.53 Å². The van der Waals surface area contributed by atoms with Gasteiger partial charge in [-0.15, -0.1) is 0 Å². The maximum Gasteiger partial charge on any atom is 0.267 e. The van der Waals surface area contributed by atoms with Crippen LogP contribution in [0.4, 0.5) is 14.5 Å². The first kappa shape index (κ1) is 25.2. The first-order chi connectivity index (χ1) is 15.2. The van der Waals surface area contributed by atoms with Crippen molar-refractivity contribution >= 4 is 17.5 Å². The summed E-state index contributed by atoms with van der Waals surface area (Å²) in [5.74, 6) is -2.52. The number of hydrogen-bond donors (Lipinski definition) is 3. The third-order valence-corrected chi connectivity index (χ3v) is 4.81. The van der Waals surface area contributed by atoms with Gasteiger partial charge in [-0.2, -0.15) is 4.39 Å². The number of benzene rings is 1. The van der Waals surface area contributed by atoms with E-state index in [1.165, 1.54) is 24.4 Å². The van der Waals surface area contributed by atoms with Gasteiger partial charge < -0.3 is 25.6 Å². The Labute approximate surface area is 184 Å². The molecule has 1 aromatic heterocycles. The van der Waals surface area contributed by atoms with E-state index >= 15 is 0 Å². The molecule has 10 heteroatoms. The third kappa shape index (κ3) is 7.24. The van der Waals surface area contributed by atoms with Crippen LogP contribution in [0.15, 0.2) is 36.5 Å². The predicted molar refractivity (Wildman–Crippen MR) is 113 cm³/mol. The van der Waals surface area contributed by atoms with E-state index in [-0.39, 0.29) is 36.7 Å². The molecule has 1 fully saturated rings. The van der Waals surface area contributed by atoms with Gasteiger partial charge in [0.1, 0.15) is 11.8 Å². The van der Waals surface area contributed by atoms with Crippen LogP contribution in [-0.4, -0.2) is 47.3 Å². The monoisotopic (exact) mass is 451 g/mol. The Morgan fingerprint density at radius 2 is 2.06 bits per heavy atom. The minimum absolute atomic E-state index is 0.0308. The third-order valence-electron chi connectivity index (χ3n) is 4.81. The second-order valence-corrected chi connectivity index (χ2v) is 7.30. The van der Waals surface area contributed by atoms with Gasteiger partial charge in [0.15, 0.2) is 11.6 Å². The predicted octanol–water partition coefficient (Wildman–Crippen LogP) is 2.66. The Morgan fingerprint density at radius 3 is 2.69 bits per heavy atom. The van der Waals surface area contributed by atoms with E-state index in [9.17, 15) is 18.4 Å². The van der Waals surface area contributed by atoms with E-state index in [1.54, 1.807) is 6.07 Å². The fourth-order valence-corrected chi connectivity index (χ4v) is 2.85. The number of amides is 2. The second-order valence-electron chi connectivity index (χ2n) is 7.30. The highest BCUT2D eigenvalue weighted by Gasteiger charge is 2.33. The molecule has 3 atom stereocenters. The molecule has 1 aromatic carbocycles. The number of halogens is 2. The van der Waals surface area contributed by atoms with Gasteiger partial charge in [-0.1, -0.05) is 13.0 Å². The highest BCUT2D eigenvalue weighted by molar-refractivity contribution is 5.96. The minimum Gasteiger partial charge on any atom is -0.490 e. The number of rotatable bonds is 7. The lowest BCUT2D eigenvalue weighted by atomic mass is 10.0. The van der Waals surface area contributed by atoms with Gasteiger partial charge in [0, 0.05) is 24.9 Å². The standard InChI is InChI=1S/C13H17N3O3.C9H10F2O2/c1-7-5-11(19-8(7)2)13(18)16-9-3-4-15-10(6-9)12(14)17;10-7-3-1-4-8(9(7)11)13-6-2-5-12/h3-4,6-8,11H,5H2,1-2H3,(H2,14,17)(H,15,16,18);1,3-4,12H,2,5-6H2/t7-,8?,11?;/m0./s1. The van der Waals surface area contributed by atoms with E-state index in [1.807, 2.05) is 6.92 Å². The summed E-state index contributed by atoms with van der Waals surface area (Å²) in [5.41, 5.74) is 5.74. The molecule has 174 valence electrons. The number of aliphatic hydroxyl groups excluding tert-OH is 1. The van der Waals surface area contributed by atoms with Gasteiger partial charge >= 0.3 is 0 Å². The summed E-state index contributed by atoms with van der Waals surface area (Å²) >= 11 is 0. The highest BCUT2D eigenvalue weighted by atomic mass is 19.2. The largest absolute Gasteiger partial charge is 0.490 e. The van der Waals surface area contributed by atoms with Crippen molar-refractivity contribution < 1.29 is 33.0 Å². The Balaban J connectivity index is 0.000000244. The molecule has 4 N–H and O–H groups in total. The number of aromatic nitrogens is 1. The lowest BCUT2D eigenvalue weighted by molar-refractivity contribution is -0.126. The van der Waals surface area contributed by atoms with Crippen molar-refractivity contribution in [3.8, 4) is 5.75 Å². The van der Waals surface area contributed by atoms with E-state index in [0.29, 0.717) is 24.4 Å². The molecular formula is C22H27F2N3O5. The number of anilines is 1. The summed E-state index contributed by atoms with van der Waals surface area (Å²) in [5, 5.41) is 11.1. The molecule has 2 heterocycles.